The first kappa shape index (κ1) is 15.1. The molecule has 6 heteroatoms. The van der Waals surface area contributed by atoms with Crippen LogP contribution in [0.3, 0.4) is 0 Å². The van der Waals surface area contributed by atoms with E-state index in [1.165, 1.54) is 13.2 Å². The fourth-order valence-electron chi connectivity index (χ4n) is 1.32. The van der Waals surface area contributed by atoms with Crippen LogP contribution in [0.25, 0.3) is 0 Å². The molecule has 1 aromatic rings. The van der Waals surface area contributed by atoms with Gasteiger partial charge in [0.2, 0.25) is 0 Å². The maximum absolute atomic E-state index is 11.9. The summed E-state index contributed by atoms with van der Waals surface area (Å²) in [4.78, 5) is 13.8. The summed E-state index contributed by atoms with van der Waals surface area (Å²) in [6.45, 7) is 0.907. The Bertz CT molecular complexity index is 436. The minimum atomic E-state index is -0.541. The average Bonchev–Trinajstić information content (AvgIpc) is 2.30. The second-order valence-electron chi connectivity index (χ2n) is 3.88. The molecule has 4 nitrogen and oxygen atoms in total. The van der Waals surface area contributed by atoms with E-state index in [0.29, 0.717) is 11.6 Å². The van der Waals surface area contributed by atoms with E-state index in [1.807, 2.05) is 19.0 Å². The van der Waals surface area contributed by atoms with Crippen molar-refractivity contribution in [2.24, 2.45) is 0 Å². The molecule has 0 saturated heterocycles. The normalized spacial score (nSPS) is 10.6. The van der Waals surface area contributed by atoms with Gasteiger partial charge in [-0.3, -0.25) is 0 Å². The van der Waals surface area contributed by atoms with Crippen molar-refractivity contribution in [1.29, 1.82) is 0 Å². The van der Waals surface area contributed by atoms with Crippen LogP contribution in [-0.4, -0.2) is 45.2 Å². The Morgan fingerprint density at radius 2 is 1.89 bits per heavy atom. The molecule has 0 fully saturated rings. The first-order valence-electron chi connectivity index (χ1n) is 5.31. The van der Waals surface area contributed by atoms with E-state index in [0.717, 1.165) is 0 Å². The molecule has 100 valence electrons. The Balaban J connectivity index is 2.88. The van der Waals surface area contributed by atoms with Gasteiger partial charge < -0.3 is 14.4 Å². The summed E-state index contributed by atoms with van der Waals surface area (Å²) >= 11 is 11.9. The number of rotatable bonds is 5. The zero-order chi connectivity index (χ0) is 13.7. The van der Waals surface area contributed by atoms with Crippen LogP contribution in [0.2, 0.25) is 10.0 Å². The van der Waals surface area contributed by atoms with E-state index in [9.17, 15) is 4.79 Å². The maximum atomic E-state index is 11.9. The zero-order valence-corrected chi connectivity index (χ0v) is 12.0. The first-order valence-corrected chi connectivity index (χ1v) is 6.06. The molecule has 0 aromatic heterocycles. The van der Waals surface area contributed by atoms with Gasteiger partial charge in [0.1, 0.15) is 12.2 Å². The number of benzene rings is 1. The van der Waals surface area contributed by atoms with E-state index >= 15 is 0 Å². The standard InChI is InChI=1S/C12H15Cl2NO3/c1-15(2)6-7-18-12(16)10-8(13)4-5-9(14)11(10)17-3/h4-5H,6-7H2,1-3H3. The van der Waals surface area contributed by atoms with Crippen LogP contribution in [0.5, 0.6) is 5.75 Å². The van der Waals surface area contributed by atoms with Gasteiger partial charge in [-0.05, 0) is 26.2 Å². The summed E-state index contributed by atoms with van der Waals surface area (Å²) in [5, 5.41) is 0.576. The van der Waals surface area contributed by atoms with E-state index in [1.54, 1.807) is 6.07 Å². The molecule has 0 unspecified atom stereocenters. The van der Waals surface area contributed by atoms with Gasteiger partial charge in [0.25, 0.3) is 0 Å². The average molecular weight is 292 g/mol. The van der Waals surface area contributed by atoms with Gasteiger partial charge in [-0.1, -0.05) is 23.2 Å². The van der Waals surface area contributed by atoms with Crippen molar-refractivity contribution in [3.8, 4) is 5.75 Å². The number of carbonyl (C=O) groups is 1. The summed E-state index contributed by atoms with van der Waals surface area (Å²) < 4.78 is 10.2. The van der Waals surface area contributed by atoms with E-state index in [4.69, 9.17) is 32.7 Å². The number of hydrogen-bond donors (Lipinski definition) is 0. The largest absolute Gasteiger partial charge is 0.494 e. The number of nitrogens with zero attached hydrogens (tertiary/aromatic N) is 1. The highest BCUT2D eigenvalue weighted by Gasteiger charge is 2.20. The molecule has 0 aliphatic heterocycles. The highest BCUT2D eigenvalue weighted by molar-refractivity contribution is 6.37. The molecule has 0 radical (unpaired) electrons. The molecule has 0 heterocycles. The summed E-state index contributed by atoms with van der Waals surface area (Å²) in [6.07, 6.45) is 0. The fourth-order valence-corrected chi connectivity index (χ4v) is 1.78. The van der Waals surface area contributed by atoms with Crippen LogP contribution in [0.15, 0.2) is 12.1 Å². The van der Waals surface area contributed by atoms with E-state index < -0.39 is 5.97 Å². The van der Waals surface area contributed by atoms with Crippen molar-refractivity contribution in [3.05, 3.63) is 27.7 Å². The third-order valence-electron chi connectivity index (χ3n) is 2.24. The van der Waals surface area contributed by atoms with Gasteiger partial charge in [-0.2, -0.15) is 0 Å². The number of ether oxygens (including phenoxy) is 2. The first-order chi connectivity index (χ1) is 8.47. The number of carbonyl (C=O) groups excluding carboxylic acids is 1. The van der Waals surface area contributed by atoms with Gasteiger partial charge in [0, 0.05) is 6.54 Å². The topological polar surface area (TPSA) is 38.8 Å². The second kappa shape index (κ2) is 6.83. The van der Waals surface area contributed by atoms with Crippen molar-refractivity contribution in [2.45, 2.75) is 0 Å². The summed E-state index contributed by atoms with van der Waals surface area (Å²) in [5.74, 6) is -0.305. The lowest BCUT2D eigenvalue weighted by molar-refractivity contribution is 0.0478. The Morgan fingerprint density at radius 3 is 2.44 bits per heavy atom. The van der Waals surface area contributed by atoms with Crippen molar-refractivity contribution in [1.82, 2.24) is 4.90 Å². The SMILES string of the molecule is COc1c(Cl)ccc(Cl)c1C(=O)OCCN(C)C. The molecule has 0 amide bonds. The lowest BCUT2D eigenvalue weighted by atomic mass is 10.2. The molecule has 0 aliphatic carbocycles. The third-order valence-corrected chi connectivity index (χ3v) is 2.85. The third kappa shape index (κ3) is 3.77. The molecule has 18 heavy (non-hydrogen) atoms. The highest BCUT2D eigenvalue weighted by atomic mass is 35.5. The van der Waals surface area contributed by atoms with E-state index in [-0.39, 0.29) is 22.9 Å². The van der Waals surface area contributed by atoms with Gasteiger partial charge in [-0.25, -0.2) is 4.79 Å². The summed E-state index contributed by atoms with van der Waals surface area (Å²) in [7, 11) is 5.20. The number of hydrogen-bond acceptors (Lipinski definition) is 4. The predicted octanol–water partition coefficient (Wildman–Crippen LogP) is 2.72. The number of methoxy groups -OCH3 is 1. The Hall–Kier alpha value is -0.970. The van der Waals surface area contributed by atoms with Crippen LogP contribution in [0, 0.1) is 0 Å². The Kier molecular flexibility index (Phi) is 5.72. The molecule has 0 spiro atoms. The van der Waals surface area contributed by atoms with Crippen molar-refractivity contribution in [2.75, 3.05) is 34.4 Å². The maximum Gasteiger partial charge on any atom is 0.343 e. The van der Waals surface area contributed by atoms with Gasteiger partial charge in [0.05, 0.1) is 17.2 Å². The van der Waals surface area contributed by atoms with Crippen LogP contribution >= 0.6 is 23.2 Å². The summed E-state index contributed by atoms with van der Waals surface area (Å²) in [6, 6.07) is 3.11. The zero-order valence-electron chi connectivity index (χ0n) is 10.5. The van der Waals surface area contributed by atoms with Crippen molar-refractivity contribution >= 4 is 29.2 Å². The molecular weight excluding hydrogens is 277 g/mol. The quantitative estimate of drug-likeness (QED) is 0.782. The van der Waals surface area contributed by atoms with Crippen LogP contribution in [0.4, 0.5) is 0 Å². The number of esters is 1. The lowest BCUT2D eigenvalue weighted by Crippen LogP contribution is -2.20. The Morgan fingerprint density at radius 1 is 1.28 bits per heavy atom. The highest BCUT2D eigenvalue weighted by Crippen LogP contribution is 2.34. The lowest BCUT2D eigenvalue weighted by Gasteiger charge is -2.13. The van der Waals surface area contributed by atoms with E-state index in [2.05, 4.69) is 0 Å². The van der Waals surface area contributed by atoms with Crippen LogP contribution < -0.4 is 4.74 Å². The number of likely N-dealkylation sites (N-methyl/N-ethyl adjacent to an activating group) is 1. The fraction of sp³-hybridized carbons (Fsp3) is 0.417. The monoisotopic (exact) mass is 291 g/mol. The molecule has 0 bridgehead atoms. The predicted molar refractivity (Wildman–Crippen MR) is 71.9 cm³/mol. The second-order valence-corrected chi connectivity index (χ2v) is 4.69. The van der Waals surface area contributed by atoms with Crippen molar-refractivity contribution in [3.63, 3.8) is 0 Å². The molecule has 0 atom stereocenters. The molecule has 0 saturated carbocycles. The van der Waals surface area contributed by atoms with Crippen LogP contribution in [0.1, 0.15) is 10.4 Å². The Labute approximate surface area is 116 Å². The molecule has 1 aromatic carbocycles. The molecular formula is C12H15Cl2NO3. The minimum Gasteiger partial charge on any atom is -0.494 e. The number of halogens is 2. The molecule has 1 rings (SSSR count). The minimum absolute atomic E-state index is 0.158. The van der Waals surface area contributed by atoms with Crippen LogP contribution in [-0.2, 0) is 4.74 Å². The molecule has 0 N–H and O–H groups in total. The molecule has 0 aliphatic rings. The van der Waals surface area contributed by atoms with Gasteiger partial charge >= 0.3 is 5.97 Å². The summed E-state index contributed by atoms with van der Waals surface area (Å²) in [5.41, 5.74) is 0.158. The smallest absolute Gasteiger partial charge is 0.343 e. The van der Waals surface area contributed by atoms with Gasteiger partial charge in [-0.15, -0.1) is 0 Å². The van der Waals surface area contributed by atoms with Crippen molar-refractivity contribution < 1.29 is 14.3 Å². The van der Waals surface area contributed by atoms with Gasteiger partial charge in [0.15, 0.2) is 5.75 Å².